The third kappa shape index (κ3) is 47.0. The molecule has 37 nitrogen and oxygen atoms in total. The molecular weight excluding hydrogens is 1950 g/mol. The maximum absolute atomic E-state index is 12.9. The number of Topliss-reactive ketones (excluding diaryl/α,β-unsaturated/α-hetero) is 1. The number of rotatable bonds is 22. The normalized spacial score (nSPS) is 9.51. The molecule has 0 aliphatic rings. The first-order chi connectivity index (χ1) is 69.9. The maximum Gasteiger partial charge on any atom is 0.341 e. The van der Waals surface area contributed by atoms with Gasteiger partial charge in [0.15, 0.2) is 57.7 Å². The van der Waals surface area contributed by atoms with Crippen molar-refractivity contribution in [1.29, 1.82) is 0 Å². The van der Waals surface area contributed by atoms with Crippen molar-refractivity contribution in [3.63, 3.8) is 0 Å². The SMILES string of the molecule is C=C(C)C(=O)Nc1cc(C)c(O)c(O)c1.C=C(C)C(=O)Nc1cc(O)c(O)c(F)c1.C=C(C)C(=O)Nc1cc(O)cc(O)c1.C=C(C)C(=O)Nc1ccc(O)c(C(=O)O)c1.C=C(C)C(=O)Nc1ccc(O)c(C(=O)OC)c1.C=C(C)C(=O)Nc1ccc(O)c(C(C)=O)c1.C=C(C)C(=O)Nc1ccc(O)c(O)c1.C=C(C)C(=O)Nc1ccc(O)cc1O.C=Cc1ccc(O)c(C)c1.C=Cc1ccc(O)c(F)c1.C=Cc1ccc(O)cc1. The van der Waals surface area contributed by atoms with Crippen molar-refractivity contribution in [3.8, 4) is 92.0 Å². The quantitative estimate of drug-likeness (QED) is 0.00985. The number of nitrogens with one attached hydrogen (secondary N) is 8. The van der Waals surface area contributed by atoms with Gasteiger partial charge in [-0.25, -0.2) is 18.4 Å². The number of aryl methyl sites for hydroxylation is 2. The van der Waals surface area contributed by atoms with Crippen LogP contribution < -0.4 is 42.5 Å². The number of anilines is 8. The van der Waals surface area contributed by atoms with Crippen molar-refractivity contribution in [2.24, 2.45) is 0 Å². The van der Waals surface area contributed by atoms with Crippen LogP contribution in [0.15, 0.2) is 311 Å². The molecule has 11 rings (SSSR count). The van der Waals surface area contributed by atoms with Crippen LogP contribution in [-0.2, 0) is 43.1 Å². The van der Waals surface area contributed by atoms with Gasteiger partial charge in [0.05, 0.1) is 18.4 Å². The molecule has 39 heteroatoms. The van der Waals surface area contributed by atoms with E-state index in [1.54, 1.807) is 91.0 Å². The lowest BCUT2D eigenvalue weighted by molar-refractivity contribution is -0.113. The van der Waals surface area contributed by atoms with E-state index in [1.807, 2.05) is 31.2 Å². The second-order valence-electron chi connectivity index (χ2n) is 31.5. The average Bonchev–Trinajstić information content (AvgIpc) is 0.849. The van der Waals surface area contributed by atoms with Gasteiger partial charge in [0.25, 0.3) is 47.3 Å². The number of carboxylic acids is 1. The number of carbonyl (C=O) groups is 11. The predicted octanol–water partition coefficient (Wildman–Crippen LogP) is 20.5. The van der Waals surface area contributed by atoms with Crippen LogP contribution in [0.25, 0.3) is 18.2 Å². The first-order valence-electron chi connectivity index (χ1n) is 43.2. The standard InChI is InChI=1S/C12H13NO4.C12H13NO3.C11H11NO4.C11H13NO3.C10H10FNO3.3C10H11NO3.C9H10O.C8H7FO.C8H8O/c1-7(2)11(15)13-8-4-5-10(14)9(6-8)12(16)17-3;1-7(2)12(16)13-9-4-5-11(15)10(6-9)8(3)14;1-6(2)10(14)12-7-3-4-9(13)8(5-7)11(15)16;1-6(2)11(15)12-8-4-7(3)10(14)9(13)5-8;1-5(2)10(15)12-6-3-7(11)9(14)8(13)4-6;1-6(2)10(14)11-7-3-8(12)5-9(13)4-7;1-6(2)10(14)11-8-4-3-7(12)5-9(8)13;1-6(2)10(14)11-7-3-4-8(12)9(13)5-7;1-3-8-4-5-9(10)7(2)6-8;1-2-6-3-4-8(10)7(9)5-6;1-2-7-3-5-8(9)6-4-7/h4-6,14H,1H2,2-3H3,(H,13,15);4-6,15H,1H2,2-3H3,(H,13,16);3-5,13H,1H2,2H3,(H,12,14)(H,15,16);4-5,13-14H,1H2,2-3H3,(H,12,15);3-4,13-14H,1H2,2H3,(H,12,15);3*3-5,12-13H,1H2,2H3,(H,11,14);3-6,10H,1H2,2H3;2-5,10H,1H2;2-6,9H,1H2. The molecule has 0 heterocycles. The summed E-state index contributed by atoms with van der Waals surface area (Å²) in [6.45, 7) is 55.7. The van der Waals surface area contributed by atoms with Gasteiger partial charge in [0.2, 0.25) is 0 Å². The summed E-state index contributed by atoms with van der Waals surface area (Å²) >= 11 is 0. The topological polar surface area (TPSA) is 637 Å². The summed E-state index contributed by atoms with van der Waals surface area (Å²) < 4.78 is 29.9. The molecule has 11 aromatic carbocycles. The molecule has 0 aliphatic heterocycles. The molecule has 0 aliphatic carbocycles. The molecule has 0 bridgehead atoms. The number of amides is 8. The van der Waals surface area contributed by atoms with Gasteiger partial charge in [0, 0.05) is 133 Å². The molecule has 790 valence electrons. The van der Waals surface area contributed by atoms with Gasteiger partial charge in [-0.1, -0.05) is 115 Å². The molecule has 0 spiro atoms. The Morgan fingerprint density at radius 2 is 0.573 bits per heavy atom. The van der Waals surface area contributed by atoms with E-state index in [0.717, 1.165) is 34.9 Å². The zero-order valence-electron chi connectivity index (χ0n) is 83.7. The average molecular weight is 2070 g/mol. The number of carbonyl (C=O) groups excluding carboxylic acids is 10. The van der Waals surface area contributed by atoms with E-state index in [2.05, 4.69) is 120 Å². The minimum Gasteiger partial charge on any atom is -0.508 e. The number of benzene rings is 11. The number of ether oxygens (including phenoxy) is 1. The summed E-state index contributed by atoms with van der Waals surface area (Å²) in [5.74, 6) is -9.95. The largest absolute Gasteiger partial charge is 0.508 e. The third-order valence-electron chi connectivity index (χ3n) is 18.1. The Balaban J connectivity index is 0.000000828. The molecule has 0 unspecified atom stereocenters. The van der Waals surface area contributed by atoms with Gasteiger partial charge < -0.3 is 134 Å². The first kappa shape index (κ1) is 128. The van der Waals surface area contributed by atoms with E-state index in [0.29, 0.717) is 95.8 Å². The van der Waals surface area contributed by atoms with Crippen molar-refractivity contribution >= 4 is 129 Å². The Labute approximate surface area is 862 Å². The summed E-state index contributed by atoms with van der Waals surface area (Å²) in [7, 11) is 1.21. The highest BCUT2D eigenvalue weighted by molar-refractivity contribution is 6.09. The lowest BCUT2D eigenvalue weighted by atomic mass is 10.1. The number of ketones is 1. The lowest BCUT2D eigenvalue weighted by Crippen LogP contribution is -2.12. The first-order valence-corrected chi connectivity index (χ1v) is 43.2. The van der Waals surface area contributed by atoms with E-state index in [1.165, 1.54) is 155 Å². The van der Waals surface area contributed by atoms with Gasteiger partial charge in [-0.15, -0.1) is 0 Å². The molecule has 0 aromatic heterocycles. The van der Waals surface area contributed by atoms with Crippen molar-refractivity contribution in [3.05, 3.63) is 367 Å². The molecule has 8 amide bonds. The van der Waals surface area contributed by atoms with Crippen molar-refractivity contribution in [2.45, 2.75) is 76.2 Å². The van der Waals surface area contributed by atoms with Crippen LogP contribution in [0.5, 0.6) is 92.0 Å². The van der Waals surface area contributed by atoms with E-state index in [4.69, 9.17) is 56.2 Å². The minimum atomic E-state index is -1.26. The summed E-state index contributed by atoms with van der Waals surface area (Å²) in [6.07, 6.45) is 5.01. The lowest BCUT2D eigenvalue weighted by Gasteiger charge is -2.08. The van der Waals surface area contributed by atoms with Crippen LogP contribution in [0.2, 0.25) is 0 Å². The van der Waals surface area contributed by atoms with Crippen LogP contribution in [-0.4, -0.2) is 159 Å². The monoisotopic (exact) mass is 2060 g/mol. The number of hydrogen-bond acceptors (Lipinski definition) is 28. The molecule has 0 saturated heterocycles. The Kier molecular flexibility index (Phi) is 53.4. The fourth-order valence-electron chi connectivity index (χ4n) is 9.91. The molecule has 11 aromatic rings. The molecule has 25 N–H and O–H groups in total. The number of carboxylic acid groups (broad SMARTS) is 1. The van der Waals surface area contributed by atoms with Gasteiger partial charge in [0.1, 0.15) is 62.9 Å². The number of aromatic carboxylic acids is 1. The van der Waals surface area contributed by atoms with Crippen molar-refractivity contribution in [1.82, 2.24) is 0 Å². The highest BCUT2D eigenvalue weighted by atomic mass is 19.1. The number of phenolic OH excluding ortho intramolecular Hbond substituents is 15. The number of esters is 1. The summed E-state index contributed by atoms with van der Waals surface area (Å²) in [4.78, 5) is 123. The summed E-state index contributed by atoms with van der Waals surface area (Å²) in [5.41, 5.74) is 9.33. The van der Waals surface area contributed by atoms with Crippen molar-refractivity contribution < 1.29 is 153 Å². The Morgan fingerprint density at radius 1 is 0.260 bits per heavy atom. The summed E-state index contributed by atoms with van der Waals surface area (Å²) in [6, 6.07) is 45.2. The zero-order valence-corrected chi connectivity index (χ0v) is 83.7. The fraction of sp³-hybridized carbons (Fsp3) is 0.108. The molecule has 0 radical (unpaired) electrons. The third-order valence-corrected chi connectivity index (χ3v) is 18.1. The fourth-order valence-corrected chi connectivity index (χ4v) is 9.91. The number of hydrogen-bond donors (Lipinski definition) is 25. The molecule has 0 fully saturated rings. The number of methoxy groups -OCH3 is 1. The van der Waals surface area contributed by atoms with Gasteiger partial charge in [-0.05, 0) is 225 Å². The number of aromatic hydroxyl groups is 16. The minimum absolute atomic E-state index is 0.00739. The van der Waals surface area contributed by atoms with Crippen LogP contribution in [0, 0.1) is 25.5 Å². The van der Waals surface area contributed by atoms with E-state index in [-0.39, 0.29) is 144 Å². The van der Waals surface area contributed by atoms with Crippen LogP contribution in [0.1, 0.15) is 121 Å². The van der Waals surface area contributed by atoms with Gasteiger partial charge in [-0.3, -0.25) is 43.2 Å². The van der Waals surface area contributed by atoms with Crippen LogP contribution in [0.4, 0.5) is 54.3 Å². The van der Waals surface area contributed by atoms with E-state index < -0.39 is 46.9 Å². The molecule has 0 atom stereocenters. The zero-order chi connectivity index (χ0) is 115. The Hall–Kier alpha value is -20.4. The van der Waals surface area contributed by atoms with Crippen molar-refractivity contribution in [2.75, 3.05) is 49.6 Å². The summed E-state index contributed by atoms with van der Waals surface area (Å²) in [5, 5.41) is 175. The molecule has 150 heavy (non-hydrogen) atoms. The second-order valence-corrected chi connectivity index (χ2v) is 31.5. The van der Waals surface area contributed by atoms with E-state index >= 15 is 0 Å². The Morgan fingerprint density at radius 3 is 0.927 bits per heavy atom. The predicted molar refractivity (Wildman–Crippen MR) is 573 cm³/mol. The number of halogens is 2. The molecular formula is C111H118F2N8O29. The van der Waals surface area contributed by atoms with Gasteiger partial charge >= 0.3 is 11.9 Å². The second kappa shape index (κ2) is 62.8. The Bertz CT molecular complexity index is 6640. The number of phenols is 16. The highest BCUT2D eigenvalue weighted by Crippen LogP contribution is 2.36. The van der Waals surface area contributed by atoms with Crippen LogP contribution >= 0.6 is 0 Å². The highest BCUT2D eigenvalue weighted by Gasteiger charge is 2.19. The molecule has 0 saturated carbocycles. The van der Waals surface area contributed by atoms with E-state index in [9.17, 15) is 92.2 Å². The van der Waals surface area contributed by atoms with Crippen LogP contribution in [0.3, 0.4) is 0 Å². The maximum atomic E-state index is 12.9. The van der Waals surface area contributed by atoms with Gasteiger partial charge in [-0.2, -0.15) is 0 Å². The smallest absolute Gasteiger partial charge is 0.341 e.